The monoisotopic (exact) mass is 370 g/mol. The van der Waals surface area contributed by atoms with Crippen molar-refractivity contribution < 1.29 is 9.59 Å². The summed E-state index contributed by atoms with van der Waals surface area (Å²) >= 11 is 0. The zero-order valence-electron chi connectivity index (χ0n) is 15.8. The second-order valence-corrected chi connectivity index (χ2v) is 7.94. The van der Waals surface area contributed by atoms with Crippen LogP contribution >= 0.6 is 0 Å². The zero-order chi connectivity index (χ0) is 19.5. The Labute approximate surface area is 164 Å². The van der Waals surface area contributed by atoms with Gasteiger partial charge in [-0.3, -0.25) is 9.59 Å². The molecular weight excluding hydrogens is 348 g/mol. The minimum absolute atomic E-state index is 0.0670. The number of hydrogen-bond donors (Lipinski definition) is 0. The van der Waals surface area contributed by atoms with Gasteiger partial charge < -0.3 is 9.80 Å². The first-order valence-electron chi connectivity index (χ1n) is 9.63. The molecule has 4 nitrogen and oxygen atoms in total. The van der Waals surface area contributed by atoms with E-state index in [1.807, 2.05) is 78.7 Å². The highest BCUT2D eigenvalue weighted by atomic mass is 16.2. The quantitative estimate of drug-likeness (QED) is 0.760. The molecule has 2 amide bonds. The summed E-state index contributed by atoms with van der Waals surface area (Å²) in [5.74, 6) is -0.201. The van der Waals surface area contributed by atoms with Gasteiger partial charge in [-0.1, -0.05) is 67.3 Å². The number of rotatable bonds is 2. The molecule has 2 aromatic carbocycles. The highest BCUT2D eigenvalue weighted by molar-refractivity contribution is 6.09. The summed E-state index contributed by atoms with van der Waals surface area (Å²) < 4.78 is 0. The molecule has 0 N–H and O–H groups in total. The molecule has 2 heterocycles. The normalized spacial score (nSPS) is 28.2. The molecule has 1 spiro atoms. The predicted molar refractivity (Wildman–Crippen MR) is 109 cm³/mol. The third kappa shape index (κ3) is 2.18. The van der Waals surface area contributed by atoms with Crippen molar-refractivity contribution in [3.8, 4) is 0 Å². The molecule has 140 valence electrons. The van der Waals surface area contributed by atoms with E-state index >= 15 is 0 Å². The number of carbonyl (C=O) groups excluding carboxylic acids is 2. The molecule has 28 heavy (non-hydrogen) atoms. The summed E-state index contributed by atoms with van der Waals surface area (Å²) in [5.41, 5.74) is 3.22. The van der Waals surface area contributed by atoms with E-state index in [-0.39, 0.29) is 23.8 Å². The van der Waals surface area contributed by atoms with E-state index in [0.29, 0.717) is 13.0 Å². The molecular formula is C24H22N2O2. The van der Waals surface area contributed by atoms with Gasteiger partial charge in [-0.15, -0.1) is 0 Å². The van der Waals surface area contributed by atoms with Gasteiger partial charge in [-0.25, -0.2) is 0 Å². The van der Waals surface area contributed by atoms with Crippen molar-refractivity contribution >= 4 is 17.5 Å². The van der Waals surface area contributed by atoms with E-state index in [9.17, 15) is 9.59 Å². The number of nitrogens with zero attached hydrogens (tertiary/aromatic N) is 2. The van der Waals surface area contributed by atoms with E-state index in [2.05, 4.69) is 6.58 Å². The average Bonchev–Trinajstić information content (AvgIpc) is 2.97. The van der Waals surface area contributed by atoms with Crippen molar-refractivity contribution in [3.63, 3.8) is 0 Å². The van der Waals surface area contributed by atoms with Crippen LogP contribution in [0.4, 0.5) is 5.69 Å². The molecule has 2 aliphatic heterocycles. The van der Waals surface area contributed by atoms with Crippen LogP contribution in [-0.2, 0) is 21.5 Å². The number of fused-ring (bicyclic) bond motifs is 4. The maximum absolute atomic E-state index is 13.4. The van der Waals surface area contributed by atoms with Crippen molar-refractivity contribution in [3.05, 3.63) is 90.0 Å². The van der Waals surface area contributed by atoms with Crippen LogP contribution in [-0.4, -0.2) is 29.8 Å². The summed E-state index contributed by atoms with van der Waals surface area (Å²) in [7, 11) is 1.83. The van der Waals surface area contributed by atoms with Crippen LogP contribution in [0, 0.1) is 5.92 Å². The highest BCUT2D eigenvalue weighted by Crippen LogP contribution is 2.50. The Hall–Kier alpha value is -3.14. The van der Waals surface area contributed by atoms with Crippen LogP contribution in [0.15, 0.2) is 78.9 Å². The van der Waals surface area contributed by atoms with Crippen molar-refractivity contribution in [2.24, 2.45) is 5.92 Å². The lowest BCUT2D eigenvalue weighted by Gasteiger charge is -2.33. The Bertz CT molecular complexity index is 1030. The molecule has 4 heteroatoms. The Morgan fingerprint density at radius 3 is 2.57 bits per heavy atom. The molecule has 0 aromatic heterocycles. The summed E-state index contributed by atoms with van der Waals surface area (Å²) in [6, 6.07) is 17.8. The third-order valence-corrected chi connectivity index (χ3v) is 6.47. The first-order chi connectivity index (χ1) is 13.5. The van der Waals surface area contributed by atoms with Crippen molar-refractivity contribution in [2.45, 2.75) is 24.4 Å². The van der Waals surface area contributed by atoms with Crippen LogP contribution in [0.25, 0.3) is 0 Å². The SMILES string of the molecule is C=C1C2C=CC3(CC1N(Cc1ccccc1)C2=O)C(=O)N(C)c1ccccc13. The number of likely N-dealkylation sites (tertiary alicyclic amines) is 1. The minimum Gasteiger partial charge on any atom is -0.331 e. The third-order valence-electron chi connectivity index (χ3n) is 6.47. The maximum atomic E-state index is 13.4. The van der Waals surface area contributed by atoms with Crippen LogP contribution in [0.2, 0.25) is 0 Å². The van der Waals surface area contributed by atoms with Gasteiger partial charge in [0.25, 0.3) is 0 Å². The van der Waals surface area contributed by atoms with Crippen molar-refractivity contribution in [1.29, 1.82) is 0 Å². The van der Waals surface area contributed by atoms with Gasteiger partial charge in [0.15, 0.2) is 0 Å². The Morgan fingerprint density at radius 1 is 1.07 bits per heavy atom. The fourth-order valence-corrected chi connectivity index (χ4v) is 4.97. The number of hydrogen-bond acceptors (Lipinski definition) is 2. The first kappa shape index (κ1) is 17.0. The van der Waals surface area contributed by atoms with Gasteiger partial charge in [0, 0.05) is 19.3 Å². The van der Waals surface area contributed by atoms with Gasteiger partial charge >= 0.3 is 0 Å². The number of carbonyl (C=O) groups is 2. The Morgan fingerprint density at radius 2 is 1.79 bits per heavy atom. The Kier molecular flexibility index (Phi) is 3.60. The summed E-state index contributed by atoms with van der Waals surface area (Å²) in [6.45, 7) is 4.79. The number of benzene rings is 2. The van der Waals surface area contributed by atoms with Gasteiger partial charge in [-0.05, 0) is 29.2 Å². The molecule has 5 rings (SSSR count). The smallest absolute Gasteiger partial charge is 0.241 e. The van der Waals surface area contributed by atoms with Crippen LogP contribution in [0.3, 0.4) is 0 Å². The van der Waals surface area contributed by atoms with E-state index in [4.69, 9.17) is 0 Å². The lowest BCUT2D eigenvalue weighted by molar-refractivity contribution is -0.132. The maximum Gasteiger partial charge on any atom is 0.241 e. The van der Waals surface area contributed by atoms with Gasteiger partial charge in [0.2, 0.25) is 11.8 Å². The van der Waals surface area contributed by atoms with Crippen molar-refractivity contribution in [1.82, 2.24) is 4.90 Å². The van der Waals surface area contributed by atoms with E-state index in [1.165, 1.54) is 0 Å². The average molecular weight is 370 g/mol. The Balaban J connectivity index is 1.59. The first-order valence-corrected chi connectivity index (χ1v) is 9.63. The molecule has 0 radical (unpaired) electrons. The second kappa shape index (κ2) is 5.93. The molecule has 1 saturated heterocycles. The lowest BCUT2D eigenvalue weighted by Crippen LogP contribution is -2.44. The number of anilines is 1. The number of amides is 2. The molecule has 0 saturated carbocycles. The van der Waals surface area contributed by atoms with Crippen LogP contribution in [0.1, 0.15) is 17.5 Å². The molecule has 1 aliphatic carbocycles. The van der Waals surface area contributed by atoms with Gasteiger partial charge in [0.1, 0.15) is 0 Å². The van der Waals surface area contributed by atoms with E-state index in [1.54, 1.807) is 4.90 Å². The topological polar surface area (TPSA) is 40.6 Å². The predicted octanol–water partition coefficient (Wildman–Crippen LogP) is 3.44. The summed E-state index contributed by atoms with van der Waals surface area (Å²) in [5, 5.41) is 0. The van der Waals surface area contributed by atoms with Crippen LogP contribution < -0.4 is 4.90 Å². The molecule has 3 aliphatic rings. The highest BCUT2D eigenvalue weighted by Gasteiger charge is 2.55. The number of likely N-dealkylation sites (N-methyl/N-ethyl adjacent to an activating group) is 1. The van der Waals surface area contributed by atoms with Crippen LogP contribution in [0.5, 0.6) is 0 Å². The molecule has 3 unspecified atom stereocenters. The standard InChI is InChI=1S/C24H22N2O2/c1-16-18-12-13-24(19-10-6-7-11-20(19)25(2)23(24)28)14-21(16)26(22(18)27)15-17-8-4-3-5-9-17/h3-13,18,21H,1,14-15H2,2H3. The fourth-order valence-electron chi connectivity index (χ4n) is 4.97. The zero-order valence-corrected chi connectivity index (χ0v) is 15.8. The van der Waals surface area contributed by atoms with Gasteiger partial charge in [0.05, 0.1) is 17.4 Å². The summed E-state index contributed by atoms with van der Waals surface area (Å²) in [4.78, 5) is 30.1. The molecule has 3 atom stereocenters. The molecule has 1 fully saturated rings. The lowest BCUT2D eigenvalue weighted by atomic mass is 9.76. The van der Waals surface area contributed by atoms with Gasteiger partial charge in [-0.2, -0.15) is 0 Å². The van der Waals surface area contributed by atoms with Crippen molar-refractivity contribution in [2.75, 3.05) is 11.9 Å². The largest absolute Gasteiger partial charge is 0.331 e. The van der Waals surface area contributed by atoms with E-state index in [0.717, 1.165) is 22.4 Å². The second-order valence-electron chi connectivity index (χ2n) is 7.94. The molecule has 2 aromatic rings. The minimum atomic E-state index is -0.733. The molecule has 2 bridgehead atoms. The number of para-hydroxylation sites is 1. The summed E-state index contributed by atoms with van der Waals surface area (Å²) in [6.07, 6.45) is 4.41. The van der Waals surface area contributed by atoms with E-state index < -0.39 is 5.41 Å². The fraction of sp³-hybridized carbons (Fsp3) is 0.250.